The fourth-order valence-corrected chi connectivity index (χ4v) is 8.42. The Hall–Kier alpha value is -0.740. The van der Waals surface area contributed by atoms with E-state index in [1.54, 1.807) is 6.07 Å². The Bertz CT molecular complexity index is 991. The highest BCUT2D eigenvalue weighted by Crippen LogP contribution is 2.66. The number of benzene rings is 2. The van der Waals surface area contributed by atoms with E-state index in [1.807, 2.05) is 24.3 Å². The van der Waals surface area contributed by atoms with Crippen molar-refractivity contribution in [3.05, 3.63) is 62.0 Å². The number of rotatable bonds is 6. The Kier molecular flexibility index (Phi) is 5.65. The molecule has 4 saturated carbocycles. The van der Waals surface area contributed by atoms with E-state index in [2.05, 4.69) is 41.2 Å². The topological polar surface area (TPSA) is 21.3 Å². The van der Waals surface area contributed by atoms with E-state index in [1.165, 1.54) is 44.1 Å². The molecule has 0 saturated heterocycles. The molecule has 1 N–H and O–H groups in total. The van der Waals surface area contributed by atoms with Gasteiger partial charge in [-0.25, -0.2) is 0 Å². The van der Waals surface area contributed by atoms with Crippen LogP contribution in [0, 0.1) is 16.7 Å². The largest absolute Gasteiger partial charge is 0.489 e. The quantitative estimate of drug-likeness (QED) is 0.413. The zero-order chi connectivity index (χ0) is 21.9. The fraction of sp³-hybridized carbons (Fsp3) is 0.538. The van der Waals surface area contributed by atoms with Crippen molar-refractivity contribution in [2.75, 3.05) is 0 Å². The van der Waals surface area contributed by atoms with Crippen LogP contribution < -0.4 is 10.1 Å². The van der Waals surface area contributed by atoms with Gasteiger partial charge < -0.3 is 10.1 Å². The maximum Gasteiger partial charge on any atom is 0.124 e. The van der Waals surface area contributed by atoms with Crippen molar-refractivity contribution in [2.45, 2.75) is 71.1 Å². The summed E-state index contributed by atoms with van der Waals surface area (Å²) in [5.41, 5.74) is 3.40. The molecule has 2 atom stereocenters. The molecule has 0 heterocycles. The zero-order valence-electron chi connectivity index (χ0n) is 18.2. The molecule has 6 rings (SSSR count). The van der Waals surface area contributed by atoms with Gasteiger partial charge in [0.1, 0.15) is 12.4 Å². The van der Waals surface area contributed by atoms with Crippen LogP contribution >= 0.6 is 39.1 Å². The van der Waals surface area contributed by atoms with Crippen LogP contribution in [0.2, 0.25) is 10.0 Å². The minimum Gasteiger partial charge on any atom is -0.489 e. The molecule has 4 aliphatic rings. The summed E-state index contributed by atoms with van der Waals surface area (Å²) < 4.78 is 7.30. The molecule has 4 bridgehead atoms. The molecule has 2 aromatic rings. The third kappa shape index (κ3) is 4.53. The Morgan fingerprint density at radius 1 is 0.968 bits per heavy atom. The molecule has 2 unspecified atom stereocenters. The highest BCUT2D eigenvalue weighted by Gasteiger charge is 2.59. The van der Waals surface area contributed by atoms with Gasteiger partial charge in [0, 0.05) is 37.7 Å². The summed E-state index contributed by atoms with van der Waals surface area (Å²) in [6.07, 6.45) is 8.15. The van der Waals surface area contributed by atoms with Crippen molar-refractivity contribution >= 4 is 39.1 Å². The highest BCUT2D eigenvalue weighted by atomic mass is 79.9. The summed E-state index contributed by atoms with van der Waals surface area (Å²) in [5, 5.41) is 5.31. The number of ether oxygens (including phenoxy) is 1. The molecule has 31 heavy (non-hydrogen) atoms. The van der Waals surface area contributed by atoms with Crippen LogP contribution in [0.5, 0.6) is 5.75 Å². The molecule has 0 aromatic heterocycles. The normalized spacial score (nSPS) is 33.6. The van der Waals surface area contributed by atoms with Gasteiger partial charge in [-0.1, -0.05) is 59.0 Å². The van der Waals surface area contributed by atoms with Gasteiger partial charge in [-0.15, -0.1) is 0 Å². The summed E-state index contributed by atoms with van der Waals surface area (Å²) >= 11 is 16.0. The van der Waals surface area contributed by atoms with Crippen LogP contribution in [0.1, 0.15) is 63.5 Å². The number of nitrogens with one attached hydrogen (secondary N) is 1. The summed E-state index contributed by atoms with van der Waals surface area (Å²) in [4.78, 5) is 0. The van der Waals surface area contributed by atoms with Crippen molar-refractivity contribution < 1.29 is 4.74 Å². The molecule has 2 aromatic carbocycles. The van der Waals surface area contributed by atoms with Gasteiger partial charge in [-0.05, 0) is 85.6 Å². The van der Waals surface area contributed by atoms with Crippen LogP contribution in [0.4, 0.5) is 0 Å². The average Bonchev–Trinajstić information content (AvgIpc) is 2.64. The van der Waals surface area contributed by atoms with E-state index in [0.29, 0.717) is 27.5 Å². The molecular formula is C26H30BrCl2NO. The monoisotopic (exact) mass is 521 g/mol. The first-order chi connectivity index (χ1) is 14.6. The Morgan fingerprint density at radius 3 is 2.39 bits per heavy atom. The summed E-state index contributed by atoms with van der Waals surface area (Å²) in [6.45, 7) is 6.29. The first kappa shape index (κ1) is 22.1. The van der Waals surface area contributed by atoms with Gasteiger partial charge >= 0.3 is 0 Å². The predicted octanol–water partition coefficient (Wildman–Crippen LogP) is 8.17. The Morgan fingerprint density at radius 2 is 1.71 bits per heavy atom. The van der Waals surface area contributed by atoms with E-state index in [0.717, 1.165) is 28.2 Å². The van der Waals surface area contributed by atoms with Gasteiger partial charge in [0.25, 0.3) is 0 Å². The summed E-state index contributed by atoms with van der Waals surface area (Å²) in [7, 11) is 0. The van der Waals surface area contributed by atoms with Gasteiger partial charge in [0.05, 0.1) is 0 Å². The fourth-order valence-electron chi connectivity index (χ4n) is 7.55. The van der Waals surface area contributed by atoms with Crippen molar-refractivity contribution in [3.8, 4) is 5.75 Å². The van der Waals surface area contributed by atoms with Gasteiger partial charge in [-0.3, -0.25) is 0 Å². The Labute approximate surface area is 204 Å². The number of halogens is 3. The standard InChI is InChI=1S/C26H30BrCl2NO/c1-24-9-17-10-25(2,14-24)16-26(11-17,15-24)30-12-19-7-20(27)4-6-23(19)31-13-18-3-5-21(28)8-22(18)29/h3-8,17,30H,9-16H2,1-2H3. The van der Waals surface area contributed by atoms with E-state index in [9.17, 15) is 0 Å². The lowest BCUT2D eigenvalue weighted by Crippen LogP contribution is -2.63. The first-order valence-electron chi connectivity index (χ1n) is 11.3. The second-order valence-corrected chi connectivity index (χ2v) is 12.8. The first-order valence-corrected chi connectivity index (χ1v) is 12.8. The maximum absolute atomic E-state index is 6.34. The zero-order valence-corrected chi connectivity index (χ0v) is 21.3. The van der Waals surface area contributed by atoms with E-state index < -0.39 is 0 Å². The maximum atomic E-state index is 6.34. The van der Waals surface area contributed by atoms with Crippen molar-refractivity contribution in [3.63, 3.8) is 0 Å². The van der Waals surface area contributed by atoms with Crippen LogP contribution in [0.3, 0.4) is 0 Å². The minimum absolute atomic E-state index is 0.266. The van der Waals surface area contributed by atoms with Gasteiger partial charge in [0.15, 0.2) is 0 Å². The average molecular weight is 523 g/mol. The van der Waals surface area contributed by atoms with E-state index in [-0.39, 0.29) is 5.54 Å². The van der Waals surface area contributed by atoms with Crippen molar-refractivity contribution in [2.24, 2.45) is 16.7 Å². The molecule has 0 spiro atoms. The lowest BCUT2D eigenvalue weighted by molar-refractivity contribution is -0.118. The molecule has 5 heteroatoms. The molecule has 0 amide bonds. The van der Waals surface area contributed by atoms with Gasteiger partial charge in [0.2, 0.25) is 0 Å². The SMILES string of the molecule is CC12CC3CC(C)(C1)CC(NCc1cc(Br)ccc1OCc1ccc(Cl)cc1Cl)(C3)C2. The minimum atomic E-state index is 0.266. The van der Waals surface area contributed by atoms with Crippen LogP contribution in [-0.4, -0.2) is 5.54 Å². The van der Waals surface area contributed by atoms with E-state index in [4.69, 9.17) is 27.9 Å². The van der Waals surface area contributed by atoms with Crippen LogP contribution in [-0.2, 0) is 13.2 Å². The number of hydrogen-bond donors (Lipinski definition) is 1. The molecule has 4 aliphatic carbocycles. The van der Waals surface area contributed by atoms with Gasteiger partial charge in [-0.2, -0.15) is 0 Å². The lowest BCUT2D eigenvalue weighted by atomic mass is 9.43. The van der Waals surface area contributed by atoms with Crippen molar-refractivity contribution in [1.29, 1.82) is 0 Å². The second kappa shape index (κ2) is 7.94. The van der Waals surface area contributed by atoms with Crippen LogP contribution in [0.15, 0.2) is 40.9 Å². The molecule has 4 fully saturated rings. The lowest BCUT2D eigenvalue weighted by Gasteiger charge is -2.65. The smallest absolute Gasteiger partial charge is 0.124 e. The second-order valence-electron chi connectivity index (χ2n) is 11.0. The summed E-state index contributed by atoms with van der Waals surface area (Å²) in [5.74, 6) is 1.79. The van der Waals surface area contributed by atoms with Crippen LogP contribution in [0.25, 0.3) is 0 Å². The third-order valence-electron chi connectivity index (χ3n) is 7.70. The molecule has 0 radical (unpaired) electrons. The Balaban J connectivity index is 1.32. The predicted molar refractivity (Wildman–Crippen MR) is 132 cm³/mol. The molecule has 166 valence electrons. The summed E-state index contributed by atoms with van der Waals surface area (Å²) in [6, 6.07) is 11.8. The third-order valence-corrected chi connectivity index (χ3v) is 8.78. The van der Waals surface area contributed by atoms with E-state index >= 15 is 0 Å². The molecular weight excluding hydrogens is 493 g/mol. The molecule has 0 aliphatic heterocycles. The van der Waals surface area contributed by atoms with Crippen molar-refractivity contribution in [1.82, 2.24) is 5.32 Å². The highest BCUT2D eigenvalue weighted by molar-refractivity contribution is 9.10. The molecule has 2 nitrogen and oxygen atoms in total. The number of hydrogen-bond acceptors (Lipinski definition) is 2.